The van der Waals surface area contributed by atoms with Crippen LogP contribution in [0.15, 0.2) is 116 Å². The van der Waals surface area contributed by atoms with Crippen LogP contribution in [0.1, 0.15) is 0 Å². The van der Waals surface area contributed by atoms with Gasteiger partial charge in [-0.2, -0.15) is 12.7 Å². The van der Waals surface area contributed by atoms with Gasteiger partial charge < -0.3 is 19.4 Å². The predicted octanol–water partition coefficient (Wildman–Crippen LogP) is 8.65. The van der Waals surface area contributed by atoms with Crippen LogP contribution in [0.25, 0.3) is 20.2 Å². The van der Waals surface area contributed by atoms with Crippen LogP contribution in [0.4, 0.5) is 22.7 Å². The second-order valence-electron chi connectivity index (χ2n) is 9.17. The molecule has 0 bridgehead atoms. The molecule has 5 nitrogen and oxygen atoms in total. The fourth-order valence-electron chi connectivity index (χ4n) is 4.74. The number of thiophene rings is 1. The molecule has 0 amide bonds. The Balaban J connectivity index is 0.00000289. The minimum absolute atomic E-state index is 0. The number of benzene rings is 4. The number of hydrogen-bond acceptors (Lipinski definition) is 6. The molecule has 0 spiro atoms. The second-order valence-corrected chi connectivity index (χ2v) is 10.2. The van der Waals surface area contributed by atoms with E-state index in [1.165, 1.54) is 10.1 Å². The fourth-order valence-corrected chi connectivity index (χ4v) is 5.91. The SMILES string of the molecule is CN1C=CN(c2[c-]c(N(c3ccccc3)c3[c-]c(Oc4ccccn4)cc4c3sc3ccccc34)ccc2)[CH-]1.[Pt]. The number of para-hydroxylation sites is 1. The van der Waals surface area contributed by atoms with Crippen LogP contribution < -0.4 is 14.5 Å². The smallest absolute Gasteiger partial charge is 0.216 e. The summed E-state index contributed by atoms with van der Waals surface area (Å²) in [5.41, 5.74) is 3.76. The molecule has 4 aromatic carbocycles. The maximum Gasteiger partial charge on any atom is 0.216 e. The Bertz CT molecular complexity index is 1810. The van der Waals surface area contributed by atoms with Crippen molar-refractivity contribution in [1.82, 2.24) is 9.88 Å². The number of pyridine rings is 1. The van der Waals surface area contributed by atoms with Gasteiger partial charge >= 0.3 is 0 Å². The Hall–Kier alpha value is -4.12. The van der Waals surface area contributed by atoms with Crippen molar-refractivity contribution in [2.45, 2.75) is 0 Å². The third-order valence-corrected chi connectivity index (χ3v) is 7.70. The van der Waals surface area contributed by atoms with E-state index in [4.69, 9.17) is 4.74 Å². The molecule has 2 aromatic heterocycles. The minimum Gasteiger partial charge on any atom is -0.510 e. The molecule has 40 heavy (non-hydrogen) atoms. The Morgan fingerprint density at radius 1 is 0.850 bits per heavy atom. The zero-order chi connectivity index (χ0) is 26.2. The van der Waals surface area contributed by atoms with Gasteiger partial charge in [0.15, 0.2) is 0 Å². The second kappa shape index (κ2) is 11.2. The third-order valence-electron chi connectivity index (χ3n) is 6.51. The topological polar surface area (TPSA) is 31.8 Å². The average Bonchev–Trinajstić information content (AvgIpc) is 3.58. The first kappa shape index (κ1) is 26.1. The first-order valence-corrected chi connectivity index (χ1v) is 13.4. The van der Waals surface area contributed by atoms with Crippen LogP contribution in [-0.4, -0.2) is 16.9 Å². The molecule has 200 valence electrons. The van der Waals surface area contributed by atoms with Gasteiger partial charge in [-0.15, -0.1) is 41.4 Å². The van der Waals surface area contributed by atoms with Crippen LogP contribution in [0.3, 0.4) is 0 Å². The molecule has 1 aliphatic rings. The summed E-state index contributed by atoms with van der Waals surface area (Å²) >= 11 is 1.76. The van der Waals surface area contributed by atoms with Gasteiger partial charge in [0.2, 0.25) is 5.88 Å². The Kier molecular flexibility index (Phi) is 7.29. The average molecular weight is 719 g/mol. The van der Waals surface area contributed by atoms with Gasteiger partial charge in [-0.3, -0.25) is 0 Å². The van der Waals surface area contributed by atoms with E-state index in [2.05, 4.69) is 99.7 Å². The number of fused-ring (bicyclic) bond motifs is 3. The molecule has 3 heterocycles. The van der Waals surface area contributed by atoms with E-state index < -0.39 is 0 Å². The molecule has 0 fully saturated rings. The number of anilines is 4. The van der Waals surface area contributed by atoms with E-state index in [1.54, 1.807) is 17.5 Å². The van der Waals surface area contributed by atoms with E-state index in [0.29, 0.717) is 11.6 Å². The van der Waals surface area contributed by atoms with Crippen LogP contribution in [0.2, 0.25) is 0 Å². The van der Waals surface area contributed by atoms with E-state index in [1.807, 2.05) is 55.3 Å². The summed E-state index contributed by atoms with van der Waals surface area (Å²) in [6.45, 7) is 2.03. The zero-order valence-corrected chi connectivity index (χ0v) is 24.6. The van der Waals surface area contributed by atoms with Crippen molar-refractivity contribution in [3.05, 3.63) is 134 Å². The molecule has 1 aliphatic heterocycles. The van der Waals surface area contributed by atoms with Crippen molar-refractivity contribution in [2.24, 2.45) is 0 Å². The van der Waals surface area contributed by atoms with Gasteiger partial charge in [0, 0.05) is 49.5 Å². The minimum atomic E-state index is 0. The monoisotopic (exact) mass is 718 g/mol. The largest absolute Gasteiger partial charge is 0.510 e. The van der Waals surface area contributed by atoms with E-state index >= 15 is 0 Å². The Morgan fingerprint density at radius 2 is 1.68 bits per heavy atom. The molecule has 0 N–H and O–H groups in total. The van der Waals surface area contributed by atoms with Gasteiger partial charge in [0.05, 0.1) is 0 Å². The summed E-state index contributed by atoms with van der Waals surface area (Å²) in [4.78, 5) is 10.7. The van der Waals surface area contributed by atoms with Crippen molar-refractivity contribution in [1.29, 1.82) is 0 Å². The predicted molar refractivity (Wildman–Crippen MR) is 160 cm³/mol. The summed E-state index contributed by atoms with van der Waals surface area (Å²) in [5.74, 6) is 1.13. The first-order valence-electron chi connectivity index (χ1n) is 12.6. The molecule has 0 radical (unpaired) electrons. The maximum atomic E-state index is 6.26. The van der Waals surface area contributed by atoms with Gasteiger partial charge in [0.25, 0.3) is 0 Å². The van der Waals surface area contributed by atoms with E-state index in [0.717, 1.165) is 32.8 Å². The molecule has 0 saturated heterocycles. The van der Waals surface area contributed by atoms with Gasteiger partial charge in [-0.1, -0.05) is 52.9 Å². The van der Waals surface area contributed by atoms with Gasteiger partial charge in [-0.05, 0) is 54.8 Å². The number of hydrogen-bond donors (Lipinski definition) is 0. The Morgan fingerprint density at radius 3 is 2.48 bits per heavy atom. The maximum absolute atomic E-state index is 6.26. The molecule has 7 rings (SSSR count). The zero-order valence-electron chi connectivity index (χ0n) is 21.5. The van der Waals surface area contributed by atoms with Crippen LogP contribution in [0, 0.1) is 18.8 Å². The van der Waals surface area contributed by atoms with Crippen molar-refractivity contribution >= 4 is 54.3 Å². The molecular formula is C33H23N4OPtS-3. The normalized spacial score (nSPS) is 12.6. The molecule has 7 heteroatoms. The van der Waals surface area contributed by atoms with Crippen LogP contribution in [-0.2, 0) is 21.1 Å². The molecular weight excluding hydrogens is 696 g/mol. The summed E-state index contributed by atoms with van der Waals surface area (Å²) in [6.07, 6.45) is 5.77. The van der Waals surface area contributed by atoms with Crippen molar-refractivity contribution in [3.8, 4) is 11.6 Å². The van der Waals surface area contributed by atoms with E-state index in [9.17, 15) is 0 Å². The molecule has 0 saturated carbocycles. The summed E-state index contributed by atoms with van der Waals surface area (Å²) < 4.78 is 8.59. The van der Waals surface area contributed by atoms with Crippen molar-refractivity contribution in [3.63, 3.8) is 0 Å². The van der Waals surface area contributed by atoms with E-state index in [-0.39, 0.29) is 21.1 Å². The van der Waals surface area contributed by atoms with Gasteiger partial charge in [0.1, 0.15) is 0 Å². The van der Waals surface area contributed by atoms with Crippen molar-refractivity contribution < 1.29 is 25.8 Å². The number of aromatic nitrogens is 1. The summed E-state index contributed by atoms with van der Waals surface area (Å²) in [6, 6.07) is 40.0. The Labute approximate surface area is 251 Å². The van der Waals surface area contributed by atoms with Gasteiger partial charge in [-0.25, -0.2) is 16.3 Å². The first-order chi connectivity index (χ1) is 19.2. The molecule has 0 aliphatic carbocycles. The van der Waals surface area contributed by atoms with Crippen LogP contribution >= 0.6 is 11.3 Å². The number of nitrogens with zero attached hydrogens (tertiary/aromatic N) is 4. The molecule has 0 unspecified atom stereocenters. The van der Waals surface area contributed by atoms with Crippen molar-refractivity contribution in [2.75, 3.05) is 16.8 Å². The van der Waals surface area contributed by atoms with Crippen LogP contribution in [0.5, 0.6) is 11.6 Å². The molecule has 6 aromatic rings. The third kappa shape index (κ3) is 4.97. The fraction of sp³-hybridized carbons (Fsp3) is 0.0303. The number of ether oxygens (including phenoxy) is 1. The standard InChI is InChI=1S/C33H23N4OS.Pt/c1-35-18-19-36(23-35)25-12-9-13-26(20-25)37(24-10-3-2-4-11-24)30-22-27(38-32-16-7-8-17-34-32)21-29-28-14-5-6-15-31(28)39-33(29)30;/h2-19,21,23H,1H3;/q-3;. The summed E-state index contributed by atoms with van der Waals surface area (Å²) in [5, 5.41) is 2.30. The molecule has 0 atom stereocenters. The summed E-state index contributed by atoms with van der Waals surface area (Å²) in [7, 11) is 2.01. The quantitative estimate of drug-likeness (QED) is 0.161. The number of rotatable bonds is 6.